The Labute approximate surface area is 129 Å². The van der Waals surface area contributed by atoms with Gasteiger partial charge in [0, 0.05) is 18.4 Å². The Bertz CT molecular complexity index is 619. The molecule has 0 spiro atoms. The second kappa shape index (κ2) is 6.30. The van der Waals surface area contributed by atoms with Gasteiger partial charge < -0.3 is 10.4 Å². The zero-order valence-corrected chi connectivity index (χ0v) is 12.9. The first-order valence-electron chi connectivity index (χ1n) is 7.49. The van der Waals surface area contributed by atoms with Gasteiger partial charge in [-0.25, -0.2) is 4.79 Å². The van der Waals surface area contributed by atoms with Gasteiger partial charge in [-0.05, 0) is 50.3 Å². The van der Waals surface area contributed by atoms with Crippen molar-refractivity contribution in [2.45, 2.75) is 51.5 Å². The molecule has 0 heterocycles. The van der Waals surface area contributed by atoms with Crippen molar-refractivity contribution in [2.24, 2.45) is 0 Å². The summed E-state index contributed by atoms with van der Waals surface area (Å²) in [6.45, 7) is 2.82. The highest BCUT2D eigenvalue weighted by molar-refractivity contribution is 5.98. The quantitative estimate of drug-likeness (QED) is 0.788. The minimum Gasteiger partial charge on any atom is -0.480 e. The third-order valence-corrected chi connectivity index (χ3v) is 3.99. The Morgan fingerprint density at radius 1 is 1.14 bits per heavy atom. The molecule has 0 saturated heterocycles. The number of carboxylic acids is 1. The summed E-state index contributed by atoms with van der Waals surface area (Å²) in [7, 11) is 0. The van der Waals surface area contributed by atoms with Crippen molar-refractivity contribution >= 4 is 17.7 Å². The van der Waals surface area contributed by atoms with Crippen LogP contribution >= 0.6 is 0 Å². The van der Waals surface area contributed by atoms with Crippen molar-refractivity contribution in [1.82, 2.24) is 5.32 Å². The highest BCUT2D eigenvalue weighted by Gasteiger charge is 2.28. The molecule has 2 N–H and O–H groups in total. The van der Waals surface area contributed by atoms with E-state index in [1.165, 1.54) is 25.0 Å². The van der Waals surface area contributed by atoms with Gasteiger partial charge in [0.15, 0.2) is 5.78 Å². The van der Waals surface area contributed by atoms with E-state index in [0.717, 1.165) is 19.3 Å². The molecule has 0 aromatic heterocycles. The Morgan fingerprint density at radius 3 is 2.50 bits per heavy atom. The van der Waals surface area contributed by atoms with Crippen LogP contribution in [0.2, 0.25) is 0 Å². The standard InChI is InChI=1S/C17H21NO4/c1-17(2,16(21)22)18-15(20)9-8-14(19)13-7-6-11-4-3-5-12(11)10-13/h6-7,10H,3-5,8-9H2,1-2H3,(H,18,20)(H,21,22). The van der Waals surface area contributed by atoms with Gasteiger partial charge in [0.25, 0.3) is 0 Å². The van der Waals surface area contributed by atoms with E-state index in [4.69, 9.17) is 5.11 Å². The number of benzene rings is 1. The molecule has 0 atom stereocenters. The van der Waals surface area contributed by atoms with Crippen molar-refractivity contribution < 1.29 is 19.5 Å². The first-order valence-corrected chi connectivity index (χ1v) is 7.49. The Morgan fingerprint density at radius 2 is 1.82 bits per heavy atom. The van der Waals surface area contributed by atoms with E-state index in [2.05, 4.69) is 5.32 Å². The fourth-order valence-electron chi connectivity index (χ4n) is 2.58. The van der Waals surface area contributed by atoms with Crippen LogP contribution in [-0.4, -0.2) is 28.3 Å². The van der Waals surface area contributed by atoms with Gasteiger partial charge in [0.1, 0.15) is 5.54 Å². The molecular weight excluding hydrogens is 282 g/mol. The van der Waals surface area contributed by atoms with Gasteiger partial charge in [-0.2, -0.15) is 0 Å². The third kappa shape index (κ3) is 3.72. The Balaban J connectivity index is 1.90. The van der Waals surface area contributed by atoms with Gasteiger partial charge in [0.05, 0.1) is 0 Å². The molecule has 0 radical (unpaired) electrons. The van der Waals surface area contributed by atoms with Gasteiger partial charge in [0.2, 0.25) is 5.91 Å². The largest absolute Gasteiger partial charge is 0.480 e. The number of carboxylic acid groups (broad SMARTS) is 1. The smallest absolute Gasteiger partial charge is 0.328 e. The average molecular weight is 303 g/mol. The molecule has 1 aliphatic rings. The number of hydrogen-bond acceptors (Lipinski definition) is 3. The van der Waals surface area contributed by atoms with Crippen LogP contribution in [0.15, 0.2) is 18.2 Å². The van der Waals surface area contributed by atoms with Crippen LogP contribution in [0.3, 0.4) is 0 Å². The minimum absolute atomic E-state index is 0.00731. The van der Waals surface area contributed by atoms with E-state index < -0.39 is 17.4 Å². The predicted molar refractivity (Wildman–Crippen MR) is 81.9 cm³/mol. The first-order chi connectivity index (χ1) is 10.3. The van der Waals surface area contributed by atoms with E-state index in [1.54, 1.807) is 0 Å². The number of ketones is 1. The van der Waals surface area contributed by atoms with E-state index in [1.807, 2.05) is 18.2 Å². The number of nitrogens with one attached hydrogen (secondary N) is 1. The average Bonchev–Trinajstić information content (AvgIpc) is 2.91. The summed E-state index contributed by atoms with van der Waals surface area (Å²) in [4.78, 5) is 34.9. The number of rotatable bonds is 6. The fraction of sp³-hybridized carbons (Fsp3) is 0.471. The van der Waals surface area contributed by atoms with Crippen LogP contribution in [0, 0.1) is 0 Å². The molecule has 1 aromatic carbocycles. The highest BCUT2D eigenvalue weighted by Crippen LogP contribution is 2.23. The normalized spacial score (nSPS) is 13.5. The van der Waals surface area contributed by atoms with Crippen LogP contribution in [0.5, 0.6) is 0 Å². The lowest BCUT2D eigenvalue weighted by Crippen LogP contribution is -2.49. The van der Waals surface area contributed by atoms with Gasteiger partial charge in [-0.1, -0.05) is 12.1 Å². The van der Waals surface area contributed by atoms with E-state index in [-0.39, 0.29) is 18.6 Å². The third-order valence-electron chi connectivity index (χ3n) is 3.99. The van der Waals surface area contributed by atoms with Crippen molar-refractivity contribution in [3.63, 3.8) is 0 Å². The second-order valence-electron chi connectivity index (χ2n) is 6.24. The molecule has 1 amide bonds. The monoisotopic (exact) mass is 303 g/mol. The maximum Gasteiger partial charge on any atom is 0.328 e. The molecule has 0 unspecified atom stereocenters. The number of hydrogen-bond donors (Lipinski definition) is 2. The highest BCUT2D eigenvalue weighted by atomic mass is 16.4. The van der Waals surface area contributed by atoms with Crippen molar-refractivity contribution in [1.29, 1.82) is 0 Å². The minimum atomic E-state index is -1.33. The van der Waals surface area contributed by atoms with Gasteiger partial charge in [-0.15, -0.1) is 0 Å². The molecule has 5 nitrogen and oxygen atoms in total. The summed E-state index contributed by atoms with van der Waals surface area (Å²) in [5.41, 5.74) is 1.83. The molecule has 0 bridgehead atoms. The Hall–Kier alpha value is -2.17. The van der Waals surface area contributed by atoms with Crippen molar-refractivity contribution in [2.75, 3.05) is 0 Å². The van der Waals surface area contributed by atoms with Crippen LogP contribution in [0.1, 0.15) is 54.6 Å². The summed E-state index contributed by atoms with van der Waals surface area (Å²) in [6, 6.07) is 5.72. The number of Topliss-reactive ketones (excluding diaryl/α,β-unsaturated/α-hetero) is 1. The van der Waals surface area contributed by atoms with Crippen LogP contribution in [0.4, 0.5) is 0 Å². The van der Waals surface area contributed by atoms with E-state index in [9.17, 15) is 14.4 Å². The summed E-state index contributed by atoms with van der Waals surface area (Å²) < 4.78 is 0. The number of amides is 1. The molecule has 0 fully saturated rings. The molecule has 5 heteroatoms. The molecule has 1 aliphatic carbocycles. The molecular formula is C17H21NO4. The molecule has 118 valence electrons. The maximum absolute atomic E-state index is 12.2. The maximum atomic E-state index is 12.2. The lowest BCUT2D eigenvalue weighted by molar-refractivity contribution is -0.146. The Kier molecular flexibility index (Phi) is 4.64. The number of aryl methyl sites for hydroxylation is 2. The summed E-state index contributed by atoms with van der Waals surface area (Å²) in [5.74, 6) is -1.62. The zero-order chi connectivity index (χ0) is 16.3. The van der Waals surface area contributed by atoms with Crippen LogP contribution in [-0.2, 0) is 22.4 Å². The van der Waals surface area contributed by atoms with Crippen molar-refractivity contribution in [3.8, 4) is 0 Å². The summed E-state index contributed by atoms with van der Waals surface area (Å²) in [6.07, 6.45) is 3.27. The first kappa shape index (κ1) is 16.2. The summed E-state index contributed by atoms with van der Waals surface area (Å²) >= 11 is 0. The summed E-state index contributed by atoms with van der Waals surface area (Å²) in [5, 5.41) is 11.4. The van der Waals surface area contributed by atoms with Gasteiger partial charge >= 0.3 is 5.97 Å². The topological polar surface area (TPSA) is 83.5 Å². The molecule has 0 aliphatic heterocycles. The molecule has 1 aromatic rings. The fourth-order valence-corrected chi connectivity index (χ4v) is 2.58. The number of carbonyl (C=O) groups excluding carboxylic acids is 2. The van der Waals surface area contributed by atoms with E-state index >= 15 is 0 Å². The molecule has 2 rings (SSSR count). The SMILES string of the molecule is CC(C)(NC(=O)CCC(=O)c1ccc2c(c1)CCC2)C(=O)O. The van der Waals surface area contributed by atoms with Crippen LogP contribution in [0.25, 0.3) is 0 Å². The van der Waals surface area contributed by atoms with Crippen LogP contribution < -0.4 is 5.32 Å². The zero-order valence-electron chi connectivity index (χ0n) is 12.9. The molecule has 0 saturated carbocycles. The van der Waals surface area contributed by atoms with Gasteiger partial charge in [-0.3, -0.25) is 9.59 Å². The second-order valence-corrected chi connectivity index (χ2v) is 6.24. The number of carbonyl (C=O) groups is 3. The molecule has 22 heavy (non-hydrogen) atoms. The predicted octanol–water partition coefficient (Wildman–Crippen LogP) is 2.12. The lowest BCUT2D eigenvalue weighted by atomic mass is 10.0. The number of aliphatic carboxylic acids is 1. The lowest BCUT2D eigenvalue weighted by Gasteiger charge is -2.20. The van der Waals surface area contributed by atoms with Crippen molar-refractivity contribution in [3.05, 3.63) is 34.9 Å². The van der Waals surface area contributed by atoms with E-state index in [0.29, 0.717) is 5.56 Å². The number of fused-ring (bicyclic) bond motifs is 1.